The van der Waals surface area contributed by atoms with Crippen LogP contribution in [0.5, 0.6) is 0 Å². The van der Waals surface area contributed by atoms with E-state index in [2.05, 4.69) is 29.6 Å². The second kappa shape index (κ2) is 26.4. The van der Waals surface area contributed by atoms with Gasteiger partial charge in [-0.3, -0.25) is 38.1 Å². The lowest BCUT2D eigenvalue weighted by Gasteiger charge is -2.33. The molecule has 1 aromatic heterocycles. The summed E-state index contributed by atoms with van der Waals surface area (Å²) in [6, 6.07) is 43.5. The Morgan fingerprint density at radius 2 is 1.05 bits per heavy atom. The standard InChI is InChI=1S/2C30H16N4O2.8C2H6/c35-29-19-14-18-20(30(36)34-24-12-4-8-16-6-2-10-22(26(16)24)32-28(18)34)13-17(19)27-31-21-9-1-5-15-7-3-11-23(25(15)21)33(27)29;35-29-19-14-20-18(28-32-22-10-2-6-16-8-4-12-24(26(16)22)34(28)30(20)36)13-17(19)27-31-21-9-1-5-15-7-3-11-23(25(15)21)33(27)29;8*1-2/h1-14,27,31H;1-15,25H;8*1-2H3. The lowest BCUT2D eigenvalue weighted by molar-refractivity contribution is 0.0988. The first-order valence-corrected chi connectivity index (χ1v) is 32.0. The van der Waals surface area contributed by atoms with Crippen molar-refractivity contribution in [3.63, 3.8) is 0 Å². The van der Waals surface area contributed by atoms with E-state index in [4.69, 9.17) is 15.0 Å². The minimum absolute atomic E-state index is 0.0330. The van der Waals surface area contributed by atoms with Gasteiger partial charge in [0.2, 0.25) is 0 Å². The van der Waals surface area contributed by atoms with E-state index in [9.17, 15) is 19.2 Å². The van der Waals surface area contributed by atoms with Crippen molar-refractivity contribution in [1.29, 1.82) is 0 Å². The van der Waals surface area contributed by atoms with Gasteiger partial charge >= 0.3 is 0 Å². The molecule has 9 aliphatic rings. The van der Waals surface area contributed by atoms with Crippen LogP contribution in [0.25, 0.3) is 76.4 Å². The van der Waals surface area contributed by atoms with Gasteiger partial charge in [0.05, 0.1) is 56.0 Å². The third kappa shape index (κ3) is 9.39. The molecule has 448 valence electrons. The average molecular weight is 1170 g/mol. The fraction of sp³-hybridized carbons (Fsp3) is 0.250. The van der Waals surface area contributed by atoms with Gasteiger partial charge in [0.1, 0.15) is 23.3 Å². The maximum Gasteiger partial charge on any atom is 0.264 e. The Labute approximate surface area is 515 Å². The van der Waals surface area contributed by atoms with Gasteiger partial charge in [0.25, 0.3) is 22.9 Å². The second-order valence-electron chi connectivity index (χ2n) is 19.4. The molecule has 0 saturated carbocycles. The van der Waals surface area contributed by atoms with Gasteiger partial charge in [0.15, 0.2) is 0 Å². The third-order valence-corrected chi connectivity index (χ3v) is 15.8. The van der Waals surface area contributed by atoms with Crippen molar-refractivity contribution in [2.75, 3.05) is 15.1 Å². The smallest absolute Gasteiger partial charge is 0.264 e. The van der Waals surface area contributed by atoms with E-state index in [1.54, 1.807) is 20.1 Å². The maximum atomic E-state index is 13.8. The van der Waals surface area contributed by atoms with E-state index in [1.807, 2.05) is 255 Å². The predicted octanol–water partition coefficient (Wildman–Crippen LogP) is 18.7. The molecule has 9 aromatic rings. The Kier molecular flexibility index (Phi) is 18.8. The summed E-state index contributed by atoms with van der Waals surface area (Å²) < 4.78 is 3.42. The topological polar surface area (TPSA) is 134 Å². The molecule has 2 amide bonds. The molecule has 0 saturated heterocycles. The highest BCUT2D eigenvalue weighted by atomic mass is 16.2. The molecule has 0 fully saturated rings. The Morgan fingerprint density at radius 1 is 0.477 bits per heavy atom. The molecule has 0 bridgehead atoms. The number of nitrogens with zero attached hydrogens (tertiary/aromatic N) is 7. The SMILES string of the molecule is CC.CC.CC.CC.CC.CC.CC.CC.O=C1c2cc3c(cc2C2=Nc4cccc5cccc(c45)N12)C(=O)N1c2cccc4cccc(c24)NC31.O=c1c2cc3c(=O)n4c5cccc6cccc(nc-4c3cc2c2n1C1=CC=CC3C=CC=C(N=2)C13)c65. The summed E-state index contributed by atoms with van der Waals surface area (Å²) in [5.74, 6) is 1.22. The van der Waals surface area contributed by atoms with Gasteiger partial charge in [0, 0.05) is 60.9 Å². The number of fused-ring (bicyclic) bond motifs is 16. The molecule has 3 unspecified atom stereocenters. The van der Waals surface area contributed by atoms with E-state index < -0.39 is 0 Å². The lowest BCUT2D eigenvalue weighted by atomic mass is 9.80. The van der Waals surface area contributed by atoms with Gasteiger partial charge in [-0.25, -0.2) is 15.0 Å². The molecule has 88 heavy (non-hydrogen) atoms. The highest BCUT2D eigenvalue weighted by molar-refractivity contribution is 6.40. The number of carbonyl (C=O) groups excluding carboxylic acids is 2. The first-order valence-electron chi connectivity index (χ1n) is 32.0. The number of aliphatic imine (C=N–C) groups is 1. The Balaban J connectivity index is 0.000000171. The molecule has 7 aliphatic heterocycles. The van der Waals surface area contributed by atoms with Gasteiger partial charge in [-0.05, 0) is 89.0 Å². The zero-order chi connectivity index (χ0) is 63.4. The fourth-order valence-electron chi connectivity index (χ4n) is 12.7. The summed E-state index contributed by atoms with van der Waals surface area (Å²) in [5.41, 5.74) is 10.1. The van der Waals surface area contributed by atoms with Crippen LogP contribution in [0.3, 0.4) is 0 Å². The molecular weight excluding hydrogens is 1090 g/mol. The number of benzene rings is 8. The van der Waals surface area contributed by atoms with E-state index >= 15 is 0 Å². The molecule has 0 spiro atoms. The number of nitrogens with one attached hydrogen (secondary N) is 1. The number of anilines is 3. The number of hydrogen-bond donors (Lipinski definition) is 1. The lowest BCUT2D eigenvalue weighted by Crippen LogP contribution is -2.37. The fourth-order valence-corrected chi connectivity index (χ4v) is 12.7. The van der Waals surface area contributed by atoms with E-state index in [1.165, 1.54) is 0 Å². The summed E-state index contributed by atoms with van der Waals surface area (Å²) >= 11 is 0. The maximum absolute atomic E-state index is 13.8. The van der Waals surface area contributed by atoms with Crippen LogP contribution < -0.4 is 31.7 Å². The monoisotopic (exact) mass is 1170 g/mol. The van der Waals surface area contributed by atoms with Crippen molar-refractivity contribution in [1.82, 2.24) is 14.1 Å². The minimum Gasteiger partial charge on any atom is -0.360 e. The molecule has 12 nitrogen and oxygen atoms in total. The molecule has 1 N–H and O–H groups in total. The van der Waals surface area contributed by atoms with Crippen LogP contribution in [-0.2, 0) is 0 Å². The second-order valence-corrected chi connectivity index (χ2v) is 19.4. The van der Waals surface area contributed by atoms with E-state index in [0.717, 1.165) is 93.8 Å². The summed E-state index contributed by atoms with van der Waals surface area (Å²) in [5, 5.41) is 12.2. The number of aromatic nitrogens is 3. The number of rotatable bonds is 0. The van der Waals surface area contributed by atoms with Crippen molar-refractivity contribution < 1.29 is 9.59 Å². The highest BCUT2D eigenvalue weighted by Gasteiger charge is 2.46. The normalized spacial score (nSPS) is 16.2. The van der Waals surface area contributed by atoms with Crippen molar-refractivity contribution in [3.05, 3.63) is 224 Å². The van der Waals surface area contributed by atoms with Crippen LogP contribution in [0, 0.1) is 11.8 Å². The Morgan fingerprint density at radius 3 is 1.74 bits per heavy atom. The molecule has 12 heteroatoms. The number of amidine groups is 1. The molecule has 0 radical (unpaired) electrons. The molecular formula is C76H80N8O4. The Bertz CT molecular complexity index is 4790. The van der Waals surface area contributed by atoms with Crippen molar-refractivity contribution in [3.8, 4) is 5.82 Å². The number of amides is 2. The van der Waals surface area contributed by atoms with Gasteiger partial charge in [-0.2, -0.15) is 0 Å². The molecule has 8 heterocycles. The first-order chi connectivity index (χ1) is 43.4. The Hall–Kier alpha value is -9.81. The van der Waals surface area contributed by atoms with Crippen LogP contribution in [0.15, 0.2) is 195 Å². The van der Waals surface area contributed by atoms with Crippen LogP contribution >= 0.6 is 0 Å². The first kappa shape index (κ1) is 62.7. The largest absolute Gasteiger partial charge is 0.360 e. The predicted molar refractivity (Wildman–Crippen MR) is 372 cm³/mol. The number of carbonyl (C=O) groups is 2. The summed E-state index contributed by atoms with van der Waals surface area (Å²) in [6.07, 6.45) is 12.0. The minimum atomic E-state index is -0.369. The van der Waals surface area contributed by atoms with Crippen LogP contribution in [0.2, 0.25) is 0 Å². The molecule has 2 aliphatic carbocycles. The van der Waals surface area contributed by atoms with Crippen LogP contribution in [0.4, 0.5) is 22.7 Å². The van der Waals surface area contributed by atoms with E-state index in [-0.39, 0.29) is 40.9 Å². The van der Waals surface area contributed by atoms with Crippen molar-refractivity contribution in [2.24, 2.45) is 21.8 Å². The van der Waals surface area contributed by atoms with Crippen LogP contribution in [-0.4, -0.2) is 31.8 Å². The van der Waals surface area contributed by atoms with Gasteiger partial charge in [-0.1, -0.05) is 208 Å². The zero-order valence-corrected chi connectivity index (χ0v) is 53.7. The average Bonchev–Trinajstić information content (AvgIpc) is 1.88. The number of allylic oxidation sites excluding steroid dienone is 7. The summed E-state index contributed by atoms with van der Waals surface area (Å²) in [6.45, 7) is 32.0. The zero-order valence-electron chi connectivity index (χ0n) is 53.7. The van der Waals surface area contributed by atoms with E-state index in [0.29, 0.717) is 44.6 Å². The van der Waals surface area contributed by atoms with Crippen LogP contribution in [0.1, 0.15) is 149 Å². The quantitative estimate of drug-likeness (QED) is 0.161. The molecule has 3 atom stereocenters. The van der Waals surface area contributed by atoms with Gasteiger partial charge < -0.3 is 5.32 Å². The van der Waals surface area contributed by atoms with Gasteiger partial charge in [-0.15, -0.1) is 0 Å². The molecule has 18 rings (SSSR count). The van der Waals surface area contributed by atoms with Crippen molar-refractivity contribution >= 4 is 111 Å². The summed E-state index contributed by atoms with van der Waals surface area (Å²) in [4.78, 5) is 73.4. The van der Waals surface area contributed by atoms with Crippen molar-refractivity contribution in [2.45, 2.75) is 117 Å². The number of hydrogen-bond acceptors (Lipinski definition) is 8. The highest BCUT2D eigenvalue weighted by Crippen LogP contribution is 2.50. The molecule has 8 aromatic carbocycles. The summed E-state index contributed by atoms with van der Waals surface area (Å²) in [7, 11) is 0. The third-order valence-electron chi connectivity index (χ3n) is 15.8.